The molecule has 10 nitrogen and oxygen atoms in total. The molecule has 45 heavy (non-hydrogen) atoms. The fourth-order valence-electron chi connectivity index (χ4n) is 5.08. The molecule has 2 aromatic heterocycles. The first-order chi connectivity index (χ1) is 21.5. The highest BCUT2D eigenvalue weighted by Gasteiger charge is 2.30. The lowest BCUT2D eigenvalue weighted by Gasteiger charge is -2.32. The molecule has 0 bridgehead atoms. The number of urea groups is 1. The number of aliphatic hydroxyl groups excluding tert-OH is 1. The fourth-order valence-corrected chi connectivity index (χ4v) is 5.64. The standard InChI is InChI=1S/C33H37Cl2N7O3/c1-33(2,3)27(36)18-28(37-16-7-17-43)39-32(44)38-25-13-14-26(22-9-5-4-8-21(22)25)45-20-12-15-29-40-41-31(42(29)19-20)30-23(34)10-6-11-24(30)35/h4-6,8-12,15,18-19,25-26,43H,7,13-14,16-17,36H2,1-3H3,(H2,37,38,39,44)/b27-18-/t25-,26+/m0/s1. The Morgan fingerprint density at radius 2 is 1.82 bits per heavy atom. The summed E-state index contributed by atoms with van der Waals surface area (Å²) in [5.41, 5.74) is 9.73. The molecule has 0 aliphatic heterocycles. The molecule has 1 aliphatic carbocycles. The summed E-state index contributed by atoms with van der Waals surface area (Å²) in [5, 5.41) is 24.7. The Hall–Kier alpha value is -4.12. The van der Waals surface area contributed by atoms with E-state index in [0.29, 0.717) is 70.2 Å². The van der Waals surface area contributed by atoms with E-state index in [1.807, 2.05) is 67.8 Å². The topological polar surface area (TPSA) is 139 Å². The zero-order valence-corrected chi connectivity index (χ0v) is 26.9. The number of hydrogen-bond donors (Lipinski definition) is 4. The van der Waals surface area contributed by atoms with Crippen molar-refractivity contribution >= 4 is 40.7 Å². The van der Waals surface area contributed by atoms with Crippen molar-refractivity contribution in [2.75, 3.05) is 13.2 Å². The van der Waals surface area contributed by atoms with E-state index in [1.54, 1.807) is 24.3 Å². The van der Waals surface area contributed by atoms with Crippen LogP contribution in [0.15, 0.2) is 77.6 Å². The second kappa shape index (κ2) is 13.9. The largest absolute Gasteiger partial charge is 0.484 e. The second-order valence-electron chi connectivity index (χ2n) is 11.9. The Morgan fingerprint density at radius 1 is 1.09 bits per heavy atom. The van der Waals surface area contributed by atoms with Crippen molar-refractivity contribution in [3.8, 4) is 17.1 Å². The van der Waals surface area contributed by atoms with E-state index in [2.05, 4.69) is 25.8 Å². The zero-order valence-electron chi connectivity index (χ0n) is 25.4. The predicted molar refractivity (Wildman–Crippen MR) is 178 cm³/mol. The third-order valence-electron chi connectivity index (χ3n) is 7.58. The van der Waals surface area contributed by atoms with Crippen molar-refractivity contribution in [1.82, 2.24) is 25.2 Å². The molecule has 2 aromatic carbocycles. The maximum Gasteiger partial charge on any atom is 0.320 e. The summed E-state index contributed by atoms with van der Waals surface area (Å²) in [4.78, 5) is 17.6. The molecule has 1 aliphatic rings. The number of halogens is 2. The molecule has 4 aromatic rings. The SMILES string of the molecule is CC(C)(C)/C(N)=C/C(=NCCCO)NC(=O)N[C@H]1CC[C@@H](Oc2ccc3nnc(-c4c(Cl)cccc4Cl)n3c2)c2ccccc21. The van der Waals surface area contributed by atoms with Gasteiger partial charge in [0.05, 0.1) is 27.8 Å². The summed E-state index contributed by atoms with van der Waals surface area (Å²) in [6.07, 6.45) is 5.06. The van der Waals surface area contributed by atoms with Crippen molar-refractivity contribution in [1.29, 1.82) is 0 Å². The monoisotopic (exact) mass is 649 g/mol. The zero-order chi connectivity index (χ0) is 32.1. The molecule has 0 unspecified atom stereocenters. The number of allylic oxidation sites excluding steroid dienone is 1. The lowest BCUT2D eigenvalue weighted by Crippen LogP contribution is -2.42. The summed E-state index contributed by atoms with van der Waals surface area (Å²) in [7, 11) is 0. The van der Waals surface area contributed by atoms with Gasteiger partial charge < -0.3 is 20.9 Å². The van der Waals surface area contributed by atoms with Crippen LogP contribution in [0.4, 0.5) is 4.79 Å². The summed E-state index contributed by atoms with van der Waals surface area (Å²) in [6, 6.07) is 16.3. The minimum absolute atomic E-state index is 0.00744. The van der Waals surface area contributed by atoms with Gasteiger partial charge in [-0.3, -0.25) is 14.7 Å². The Morgan fingerprint density at radius 3 is 2.53 bits per heavy atom. The quantitative estimate of drug-likeness (QED) is 0.0960. The smallest absolute Gasteiger partial charge is 0.320 e. The summed E-state index contributed by atoms with van der Waals surface area (Å²) >= 11 is 12.9. The molecule has 236 valence electrons. The van der Waals surface area contributed by atoms with E-state index in [4.69, 9.17) is 33.7 Å². The van der Waals surface area contributed by atoms with Crippen molar-refractivity contribution in [2.45, 2.75) is 52.2 Å². The van der Waals surface area contributed by atoms with Crippen LogP contribution in [-0.2, 0) is 0 Å². The number of rotatable bonds is 8. The Balaban J connectivity index is 1.34. The number of carbonyl (C=O) groups is 1. The number of aliphatic imine (C=N–C) groups is 1. The van der Waals surface area contributed by atoms with Gasteiger partial charge in [-0.25, -0.2) is 4.79 Å². The number of nitrogens with two attached hydrogens (primary N) is 1. The van der Waals surface area contributed by atoms with Crippen LogP contribution >= 0.6 is 23.2 Å². The number of pyridine rings is 1. The van der Waals surface area contributed by atoms with Gasteiger partial charge in [-0.05, 0) is 60.7 Å². The van der Waals surface area contributed by atoms with E-state index in [-0.39, 0.29) is 24.2 Å². The molecule has 0 saturated heterocycles. The number of aliphatic hydroxyl groups is 1. The van der Waals surface area contributed by atoms with Gasteiger partial charge in [0.2, 0.25) is 0 Å². The lowest BCUT2D eigenvalue weighted by atomic mass is 9.85. The molecule has 5 N–H and O–H groups in total. The minimum atomic E-state index is -0.390. The molecule has 12 heteroatoms. The number of amidine groups is 1. The van der Waals surface area contributed by atoms with Crippen molar-refractivity contribution in [3.63, 3.8) is 0 Å². The van der Waals surface area contributed by atoms with Gasteiger partial charge in [0.25, 0.3) is 0 Å². The first-order valence-corrected chi connectivity index (χ1v) is 15.6. The average molecular weight is 651 g/mol. The van der Waals surface area contributed by atoms with E-state index in [1.165, 1.54) is 0 Å². The van der Waals surface area contributed by atoms with Gasteiger partial charge >= 0.3 is 6.03 Å². The number of hydrogen-bond acceptors (Lipinski definition) is 7. The number of ether oxygens (including phenoxy) is 1. The molecule has 2 amide bonds. The Kier molecular flexibility index (Phi) is 9.96. The maximum absolute atomic E-state index is 13.2. The van der Waals surface area contributed by atoms with Crippen LogP contribution < -0.4 is 21.1 Å². The third-order valence-corrected chi connectivity index (χ3v) is 8.21. The summed E-state index contributed by atoms with van der Waals surface area (Å²) in [5.74, 6) is 1.49. The molecule has 5 rings (SSSR count). The van der Waals surface area contributed by atoms with Crippen LogP contribution in [0.2, 0.25) is 10.0 Å². The molecule has 0 saturated carbocycles. The van der Waals surface area contributed by atoms with Crippen LogP contribution in [0.1, 0.15) is 63.3 Å². The normalized spacial score (nSPS) is 17.2. The number of nitrogens with one attached hydrogen (secondary N) is 2. The van der Waals surface area contributed by atoms with E-state index in [9.17, 15) is 9.90 Å². The number of benzene rings is 2. The number of carbonyl (C=O) groups excluding carboxylic acids is 1. The highest BCUT2D eigenvalue weighted by molar-refractivity contribution is 6.39. The van der Waals surface area contributed by atoms with Crippen LogP contribution in [0.3, 0.4) is 0 Å². The molecule has 2 heterocycles. The van der Waals surface area contributed by atoms with E-state index in [0.717, 1.165) is 11.1 Å². The average Bonchev–Trinajstić information content (AvgIpc) is 3.40. The number of fused-ring (bicyclic) bond motifs is 2. The Labute approximate surface area is 272 Å². The van der Waals surface area contributed by atoms with Gasteiger partial charge in [-0.15, -0.1) is 10.2 Å². The third kappa shape index (κ3) is 7.58. The molecule has 0 radical (unpaired) electrons. The second-order valence-corrected chi connectivity index (χ2v) is 12.7. The van der Waals surface area contributed by atoms with Crippen molar-refractivity contribution < 1.29 is 14.6 Å². The summed E-state index contributed by atoms with van der Waals surface area (Å²) in [6.45, 7) is 6.32. The highest BCUT2D eigenvalue weighted by atomic mass is 35.5. The van der Waals surface area contributed by atoms with Gasteiger partial charge in [0, 0.05) is 24.3 Å². The number of amides is 2. The van der Waals surface area contributed by atoms with E-state index < -0.39 is 6.03 Å². The van der Waals surface area contributed by atoms with Crippen molar-refractivity contribution in [3.05, 3.63) is 93.7 Å². The van der Waals surface area contributed by atoms with Gasteiger partial charge in [0.1, 0.15) is 17.7 Å². The molecular weight excluding hydrogens is 613 g/mol. The molecule has 2 atom stereocenters. The predicted octanol–water partition coefficient (Wildman–Crippen LogP) is 6.63. The first kappa shape index (κ1) is 32.3. The molecular formula is C33H37Cl2N7O3. The van der Waals surface area contributed by atoms with Crippen LogP contribution in [0.25, 0.3) is 17.0 Å². The lowest BCUT2D eigenvalue weighted by molar-refractivity contribution is 0.171. The van der Waals surface area contributed by atoms with Crippen LogP contribution in [0.5, 0.6) is 5.75 Å². The van der Waals surface area contributed by atoms with Crippen molar-refractivity contribution in [2.24, 2.45) is 16.1 Å². The van der Waals surface area contributed by atoms with Crippen LogP contribution in [0, 0.1) is 5.41 Å². The molecule has 0 spiro atoms. The highest BCUT2D eigenvalue weighted by Crippen LogP contribution is 2.39. The van der Waals surface area contributed by atoms with Gasteiger partial charge in [0.15, 0.2) is 11.5 Å². The number of nitrogens with zero attached hydrogens (tertiary/aromatic N) is 4. The maximum atomic E-state index is 13.2. The van der Waals surface area contributed by atoms with Gasteiger partial charge in [-0.1, -0.05) is 74.3 Å². The molecule has 0 fully saturated rings. The summed E-state index contributed by atoms with van der Waals surface area (Å²) < 4.78 is 8.34. The van der Waals surface area contributed by atoms with Crippen LogP contribution in [-0.4, -0.2) is 44.7 Å². The first-order valence-electron chi connectivity index (χ1n) is 14.8. The Bertz CT molecular complexity index is 1730. The van der Waals surface area contributed by atoms with Gasteiger partial charge in [-0.2, -0.15) is 0 Å². The fraction of sp³-hybridized carbons (Fsp3) is 0.333. The minimum Gasteiger partial charge on any atom is -0.484 e. The van der Waals surface area contributed by atoms with E-state index >= 15 is 0 Å². The number of aromatic nitrogens is 3.